The minimum Gasteiger partial charge on any atom is -0.550 e. The number of carbonyl (C=O) groups excluding carboxylic acids is 1. The largest absolute Gasteiger partial charge is 0.550 e. The zero-order valence-electron chi connectivity index (χ0n) is 11.5. The SMILES string of the molecule is O=C([O-])C12C[C@H]3C[C@@H](C1)CC(c1ccc(O)cc1)(C3)C2. The van der Waals surface area contributed by atoms with Gasteiger partial charge >= 0.3 is 0 Å². The average molecular weight is 271 g/mol. The summed E-state index contributed by atoms with van der Waals surface area (Å²) in [5.74, 6) is 0.494. The van der Waals surface area contributed by atoms with Gasteiger partial charge < -0.3 is 15.0 Å². The van der Waals surface area contributed by atoms with E-state index in [-0.39, 0.29) is 11.2 Å². The van der Waals surface area contributed by atoms with Crippen molar-refractivity contribution < 1.29 is 15.0 Å². The van der Waals surface area contributed by atoms with E-state index in [0.717, 1.165) is 32.1 Å². The Balaban J connectivity index is 1.79. The first kappa shape index (κ1) is 12.2. The summed E-state index contributed by atoms with van der Waals surface area (Å²) in [5, 5.41) is 21.2. The fourth-order valence-electron chi connectivity index (χ4n) is 5.65. The van der Waals surface area contributed by atoms with Gasteiger partial charge in [0.15, 0.2) is 0 Å². The Kier molecular flexibility index (Phi) is 2.31. The lowest BCUT2D eigenvalue weighted by Gasteiger charge is -2.62. The third-order valence-corrected chi connectivity index (χ3v) is 5.97. The van der Waals surface area contributed by atoms with Gasteiger partial charge in [0, 0.05) is 11.4 Å². The van der Waals surface area contributed by atoms with Crippen LogP contribution < -0.4 is 5.11 Å². The van der Waals surface area contributed by atoms with Gasteiger partial charge in [-0.1, -0.05) is 12.1 Å². The highest BCUT2D eigenvalue weighted by molar-refractivity contribution is 5.73. The molecule has 0 amide bonds. The molecule has 0 spiro atoms. The van der Waals surface area contributed by atoms with Gasteiger partial charge in [-0.25, -0.2) is 0 Å². The number of carboxylic acid groups (broad SMARTS) is 1. The van der Waals surface area contributed by atoms with Gasteiger partial charge in [0.2, 0.25) is 0 Å². The fraction of sp³-hybridized carbons (Fsp3) is 0.588. The van der Waals surface area contributed by atoms with E-state index in [4.69, 9.17) is 0 Å². The van der Waals surface area contributed by atoms with Crippen molar-refractivity contribution in [2.24, 2.45) is 17.3 Å². The molecule has 0 radical (unpaired) electrons. The first-order valence-corrected chi connectivity index (χ1v) is 7.52. The van der Waals surface area contributed by atoms with Crippen LogP contribution in [0.4, 0.5) is 0 Å². The molecule has 1 N–H and O–H groups in total. The first-order valence-electron chi connectivity index (χ1n) is 7.52. The van der Waals surface area contributed by atoms with Crippen LogP contribution >= 0.6 is 0 Å². The second kappa shape index (κ2) is 3.78. The molecule has 0 saturated heterocycles. The molecule has 3 heteroatoms. The number of phenolic OH excluding ortho intramolecular Hbond substituents is 1. The second-order valence-corrected chi connectivity index (χ2v) is 7.36. The molecule has 106 valence electrons. The molecule has 0 aromatic heterocycles. The Bertz CT molecular complexity index is 546. The Morgan fingerprint density at radius 3 is 2.25 bits per heavy atom. The zero-order chi connectivity index (χ0) is 14.0. The molecule has 4 atom stereocenters. The van der Waals surface area contributed by atoms with Gasteiger partial charge in [0.05, 0.1) is 0 Å². The third-order valence-electron chi connectivity index (χ3n) is 5.97. The molecule has 3 nitrogen and oxygen atoms in total. The van der Waals surface area contributed by atoms with Crippen molar-refractivity contribution in [3.8, 4) is 5.75 Å². The van der Waals surface area contributed by atoms with Crippen molar-refractivity contribution in [2.75, 3.05) is 0 Å². The number of phenols is 1. The molecule has 4 bridgehead atoms. The van der Waals surface area contributed by atoms with Gasteiger partial charge in [-0.3, -0.25) is 0 Å². The molecule has 1 aromatic rings. The first-order chi connectivity index (χ1) is 9.51. The van der Waals surface area contributed by atoms with Crippen molar-refractivity contribution >= 4 is 5.97 Å². The number of benzene rings is 1. The van der Waals surface area contributed by atoms with Crippen LogP contribution in [0.3, 0.4) is 0 Å². The average Bonchev–Trinajstić information content (AvgIpc) is 2.37. The predicted octanol–water partition coefficient (Wildman–Crippen LogP) is 1.98. The molecule has 4 saturated carbocycles. The van der Waals surface area contributed by atoms with E-state index in [2.05, 4.69) is 0 Å². The number of hydrogen-bond acceptors (Lipinski definition) is 3. The van der Waals surface area contributed by atoms with E-state index in [1.54, 1.807) is 12.1 Å². The van der Waals surface area contributed by atoms with E-state index in [1.807, 2.05) is 12.1 Å². The van der Waals surface area contributed by atoms with Crippen molar-refractivity contribution in [1.29, 1.82) is 0 Å². The van der Waals surface area contributed by atoms with Crippen molar-refractivity contribution in [2.45, 2.75) is 43.9 Å². The molecule has 1 aromatic carbocycles. The van der Waals surface area contributed by atoms with Crippen LogP contribution in [0.2, 0.25) is 0 Å². The Labute approximate surface area is 118 Å². The monoisotopic (exact) mass is 271 g/mol. The molecule has 20 heavy (non-hydrogen) atoms. The molecule has 5 rings (SSSR count). The summed E-state index contributed by atoms with van der Waals surface area (Å²) in [5.41, 5.74) is 0.606. The molecule has 4 aliphatic rings. The molecule has 4 fully saturated rings. The lowest BCUT2D eigenvalue weighted by atomic mass is 9.43. The topological polar surface area (TPSA) is 60.4 Å². The van der Waals surface area contributed by atoms with Gasteiger partial charge in [-0.15, -0.1) is 0 Å². The number of carboxylic acids is 1. The molecule has 2 unspecified atom stereocenters. The van der Waals surface area contributed by atoms with Gasteiger partial charge in [-0.05, 0) is 73.5 Å². The molecule has 4 aliphatic carbocycles. The highest BCUT2D eigenvalue weighted by atomic mass is 16.4. The lowest BCUT2D eigenvalue weighted by molar-refractivity contribution is -0.327. The highest BCUT2D eigenvalue weighted by Crippen LogP contribution is 2.65. The normalized spacial score (nSPS) is 41.8. The van der Waals surface area contributed by atoms with Crippen molar-refractivity contribution in [3.63, 3.8) is 0 Å². The highest BCUT2D eigenvalue weighted by Gasteiger charge is 2.58. The van der Waals surface area contributed by atoms with Crippen LogP contribution in [-0.2, 0) is 10.2 Å². The number of aliphatic carboxylic acids is 1. The summed E-state index contributed by atoms with van der Waals surface area (Å²) in [4.78, 5) is 11.7. The van der Waals surface area contributed by atoms with Crippen LogP contribution in [0.25, 0.3) is 0 Å². The Hall–Kier alpha value is -1.51. The summed E-state index contributed by atoms with van der Waals surface area (Å²) < 4.78 is 0. The van der Waals surface area contributed by atoms with Crippen molar-refractivity contribution in [1.82, 2.24) is 0 Å². The quantitative estimate of drug-likeness (QED) is 0.894. The van der Waals surface area contributed by atoms with Gasteiger partial charge in [0.25, 0.3) is 0 Å². The van der Waals surface area contributed by atoms with Crippen LogP contribution in [0, 0.1) is 17.3 Å². The number of rotatable bonds is 2. The van der Waals surface area contributed by atoms with E-state index in [9.17, 15) is 15.0 Å². The van der Waals surface area contributed by atoms with E-state index in [1.165, 1.54) is 12.0 Å². The molecular formula is C17H19O3-. The summed E-state index contributed by atoms with van der Waals surface area (Å²) in [6, 6.07) is 7.40. The zero-order valence-corrected chi connectivity index (χ0v) is 11.5. The lowest BCUT2D eigenvalue weighted by Crippen LogP contribution is -2.59. The standard InChI is InChI=1S/C17H20O3/c18-14-3-1-13(2-4-14)16-6-11-5-12(7-16)9-17(8-11,10-16)15(19)20/h1-4,11-12,18H,5-10H2,(H,19,20)/p-1/t11-,12+,16?,17?. The van der Waals surface area contributed by atoms with Gasteiger partial charge in [-0.2, -0.15) is 0 Å². The third kappa shape index (κ3) is 1.55. The second-order valence-electron chi connectivity index (χ2n) is 7.36. The van der Waals surface area contributed by atoms with Crippen molar-refractivity contribution in [3.05, 3.63) is 29.8 Å². The van der Waals surface area contributed by atoms with E-state index < -0.39 is 11.4 Å². The number of carbonyl (C=O) groups is 1. The molecule has 0 aliphatic heterocycles. The Morgan fingerprint density at radius 2 is 1.70 bits per heavy atom. The number of hydrogen-bond donors (Lipinski definition) is 1. The van der Waals surface area contributed by atoms with Crippen LogP contribution in [0.5, 0.6) is 5.75 Å². The molecular weight excluding hydrogens is 252 g/mol. The maximum Gasteiger partial charge on any atom is 0.115 e. The predicted molar refractivity (Wildman–Crippen MR) is 71.9 cm³/mol. The smallest absolute Gasteiger partial charge is 0.115 e. The van der Waals surface area contributed by atoms with E-state index >= 15 is 0 Å². The van der Waals surface area contributed by atoms with Crippen LogP contribution in [0.1, 0.15) is 44.1 Å². The minimum absolute atomic E-state index is 0.00213. The molecule has 0 heterocycles. The minimum atomic E-state index is -0.838. The maximum absolute atomic E-state index is 11.7. The number of aromatic hydroxyl groups is 1. The summed E-state index contributed by atoms with van der Waals surface area (Å²) >= 11 is 0. The van der Waals surface area contributed by atoms with Crippen LogP contribution in [-0.4, -0.2) is 11.1 Å². The summed E-state index contributed by atoms with van der Waals surface area (Å²) in [6.45, 7) is 0. The summed E-state index contributed by atoms with van der Waals surface area (Å²) in [7, 11) is 0. The van der Waals surface area contributed by atoms with Crippen LogP contribution in [0.15, 0.2) is 24.3 Å². The van der Waals surface area contributed by atoms with E-state index in [0.29, 0.717) is 11.8 Å². The summed E-state index contributed by atoms with van der Waals surface area (Å²) in [6.07, 6.45) is 5.74. The van der Waals surface area contributed by atoms with Gasteiger partial charge in [0.1, 0.15) is 5.75 Å². The Morgan fingerprint density at radius 1 is 1.10 bits per heavy atom. The fourth-order valence-corrected chi connectivity index (χ4v) is 5.65. The maximum atomic E-state index is 11.7.